The molecule has 0 aromatic heterocycles. The van der Waals surface area contributed by atoms with Crippen LogP contribution in [0.5, 0.6) is 69.0 Å². The van der Waals surface area contributed by atoms with Gasteiger partial charge in [-0.2, -0.15) is 0 Å². The normalized spacial score (nSPS) is 12.2. The Morgan fingerprint density at radius 1 is 0.183 bits per heavy atom. The molecule has 0 heterocycles. The zero-order valence-electron chi connectivity index (χ0n) is 74.6. The van der Waals surface area contributed by atoms with Crippen LogP contribution in [0.25, 0.3) is 0 Å². The van der Waals surface area contributed by atoms with Crippen LogP contribution in [0.4, 0.5) is 0 Å². The SMILES string of the molecule is COc1ccccc1P(CCC(OCc1c(C)c(COC(CCP(c2ccccc2OC)c2ccccc2OC)P(c2ccccc2OC)c2ccccc2OC)c(C)c(COC(CCP(c2ccccc2OC)c2ccccc2OC)P(c2ccccc2OC)c2ccccc2OC)c1C)P(c1ccccc1OC)c1ccccc1OC)c1ccccc1OC. The Morgan fingerprint density at radius 2 is 0.310 bits per heavy atom. The second kappa shape index (κ2) is 46.6. The Bertz CT molecular complexity index is 4860. The maximum absolute atomic E-state index is 8.18. The van der Waals surface area contributed by atoms with Gasteiger partial charge in [-0.1, -0.05) is 218 Å². The van der Waals surface area contributed by atoms with Gasteiger partial charge in [-0.3, -0.25) is 0 Å². The van der Waals surface area contributed by atoms with Crippen LogP contribution in [0.15, 0.2) is 291 Å². The molecule has 0 aliphatic heterocycles. The third kappa shape index (κ3) is 21.5. The van der Waals surface area contributed by atoms with Crippen molar-refractivity contribution in [2.45, 2.75) is 77.4 Å². The summed E-state index contributed by atoms with van der Waals surface area (Å²) < 4.78 is 101. The van der Waals surface area contributed by atoms with Crippen molar-refractivity contribution < 1.29 is 71.1 Å². The van der Waals surface area contributed by atoms with Gasteiger partial charge in [-0.15, -0.1) is 0 Å². The van der Waals surface area contributed by atoms with Gasteiger partial charge in [-0.25, -0.2) is 0 Å². The molecule has 0 amide bonds. The van der Waals surface area contributed by atoms with Crippen molar-refractivity contribution in [3.8, 4) is 69.0 Å². The molecule has 0 spiro atoms. The van der Waals surface area contributed by atoms with E-state index in [1.54, 1.807) is 85.3 Å². The minimum Gasteiger partial charge on any atom is -0.496 e. The van der Waals surface area contributed by atoms with Crippen LogP contribution in [-0.2, 0) is 34.0 Å². The van der Waals surface area contributed by atoms with Crippen LogP contribution < -0.4 is 120 Å². The van der Waals surface area contributed by atoms with Gasteiger partial charge in [-0.05, 0) is 212 Å². The van der Waals surface area contributed by atoms with Crippen LogP contribution in [0, 0.1) is 20.8 Å². The fraction of sp³-hybridized carbons (Fsp3) is 0.257. The van der Waals surface area contributed by atoms with Crippen LogP contribution >= 0.6 is 47.5 Å². The summed E-state index contributed by atoms with van der Waals surface area (Å²) in [5.41, 5.74) is 6.18. The summed E-state index contributed by atoms with van der Waals surface area (Å²) in [6, 6.07) is 101. The van der Waals surface area contributed by atoms with Crippen molar-refractivity contribution >= 4 is 111 Å². The third-order valence-electron chi connectivity index (χ3n) is 23.0. The van der Waals surface area contributed by atoms with E-state index in [1.165, 1.54) is 0 Å². The number of ether oxygens (including phenoxy) is 15. The summed E-state index contributed by atoms with van der Waals surface area (Å²) in [7, 11) is 13.0. The number of benzene rings is 13. The largest absolute Gasteiger partial charge is 0.496 e. The number of para-hydroxylation sites is 12. The smallest absolute Gasteiger partial charge is 0.126 e. The molecule has 0 radical (unpaired) electrons. The zero-order chi connectivity index (χ0) is 88.4. The molecule has 0 saturated heterocycles. The number of rotatable bonds is 45. The Hall–Kier alpha value is -10.1. The Morgan fingerprint density at radius 3 is 0.452 bits per heavy atom. The molecular formula is C105H114O15P6. The lowest BCUT2D eigenvalue weighted by Gasteiger charge is -2.34. The lowest BCUT2D eigenvalue weighted by Crippen LogP contribution is -2.29. The Kier molecular flexibility index (Phi) is 34.6. The van der Waals surface area contributed by atoms with Crippen molar-refractivity contribution in [2.75, 3.05) is 104 Å². The maximum atomic E-state index is 8.18. The molecule has 3 unspecified atom stereocenters. The van der Waals surface area contributed by atoms with Gasteiger partial charge >= 0.3 is 0 Å². The Labute approximate surface area is 752 Å². The first kappa shape index (κ1) is 93.6. The first-order valence-electron chi connectivity index (χ1n) is 42.0. The standard InChI is InChI=1S/C105H114O15P6/c1-73-76(70-118-103(124(97-58-34-22-46-85(97)112-10)98-59-35-23-47-86(98)113-11)64-67-121(91-52-28-16-40-79(91)106-4)92-53-29-17-41-80(92)107-5)74(2)78(72-120-105(126(101-62-38-26-50-89(101)116-14)102-63-39-27-51-90(102)117-15)66-69-123(95-56-32-20-44-83(95)110-8)96-57-33-21-45-84(96)111-9)75(3)77(73)71-119-104(125(99-60-36-24-48-87(99)114-12)100-61-37-25-49-88(100)115-13)65-68-122(93-54-30-18-42-81(93)108-6)94-55-31-19-43-82(94)109-7/h16-63,103-105H,64-72H2,1-15H3. The van der Waals surface area contributed by atoms with Crippen LogP contribution in [0.1, 0.15) is 52.6 Å². The molecule has 126 heavy (non-hydrogen) atoms. The highest BCUT2D eigenvalue weighted by Gasteiger charge is 2.39. The summed E-state index contributed by atoms with van der Waals surface area (Å²) in [6.45, 7) is 7.34. The molecule has 13 aromatic carbocycles. The van der Waals surface area contributed by atoms with E-state index >= 15 is 0 Å². The second-order valence-electron chi connectivity index (χ2n) is 29.6. The summed E-state index contributed by atoms with van der Waals surface area (Å²) in [6.07, 6.45) is 3.83. The molecule has 0 bridgehead atoms. The number of hydrogen-bond acceptors (Lipinski definition) is 15. The van der Waals surface area contributed by atoms with E-state index in [2.05, 4.69) is 239 Å². The van der Waals surface area contributed by atoms with Gasteiger partial charge in [0.1, 0.15) is 69.0 Å². The Balaban J connectivity index is 1.03. The van der Waals surface area contributed by atoms with E-state index in [0.29, 0.717) is 37.7 Å². The first-order chi connectivity index (χ1) is 61.8. The quantitative estimate of drug-likeness (QED) is 0.0334. The second-order valence-corrected chi connectivity index (χ2v) is 43.2. The van der Waals surface area contributed by atoms with Gasteiger partial charge in [0.2, 0.25) is 0 Å². The van der Waals surface area contributed by atoms with E-state index in [1.807, 2.05) is 72.8 Å². The van der Waals surface area contributed by atoms with Crippen LogP contribution in [0.3, 0.4) is 0 Å². The molecule has 0 N–H and O–H groups in total. The summed E-state index contributed by atoms with van der Waals surface area (Å²) in [4.78, 5) is 0. The predicted octanol–water partition coefficient (Wildman–Crippen LogP) is 19.2. The molecule has 15 nitrogen and oxygen atoms in total. The maximum Gasteiger partial charge on any atom is 0.126 e. The first-order valence-corrected chi connectivity index (χ1v) is 50.9. The van der Waals surface area contributed by atoms with E-state index in [9.17, 15) is 0 Å². The minimum atomic E-state index is -1.49. The van der Waals surface area contributed by atoms with Gasteiger partial charge in [0, 0.05) is 63.7 Å². The predicted molar refractivity (Wildman–Crippen MR) is 528 cm³/mol. The fourth-order valence-electron chi connectivity index (χ4n) is 16.7. The van der Waals surface area contributed by atoms with E-state index in [-0.39, 0.29) is 19.8 Å². The van der Waals surface area contributed by atoms with Gasteiger partial charge in [0.15, 0.2) is 0 Å². The van der Waals surface area contributed by atoms with Crippen molar-refractivity contribution in [1.82, 2.24) is 0 Å². The molecule has 654 valence electrons. The van der Waals surface area contributed by atoms with Gasteiger partial charge in [0.05, 0.1) is 123 Å². The number of methoxy groups -OCH3 is 12. The average Bonchev–Trinajstić information content (AvgIpc) is 0.766. The highest BCUT2D eigenvalue weighted by molar-refractivity contribution is 7.76. The van der Waals surface area contributed by atoms with Gasteiger partial charge in [0.25, 0.3) is 0 Å². The minimum absolute atomic E-state index is 0.189. The van der Waals surface area contributed by atoms with Crippen LogP contribution in [-0.4, -0.2) is 121 Å². The van der Waals surface area contributed by atoms with E-state index in [4.69, 9.17) is 71.1 Å². The lowest BCUT2D eigenvalue weighted by molar-refractivity contribution is 0.0858. The molecule has 0 aliphatic carbocycles. The van der Waals surface area contributed by atoms with Crippen molar-refractivity contribution in [1.29, 1.82) is 0 Å². The highest BCUT2D eigenvalue weighted by atomic mass is 31.1. The highest BCUT2D eigenvalue weighted by Crippen LogP contribution is 2.55. The molecule has 21 heteroatoms. The molecule has 13 aromatic rings. The van der Waals surface area contributed by atoms with E-state index in [0.717, 1.165) is 166 Å². The monoisotopic (exact) mass is 1800 g/mol. The summed E-state index contributed by atoms with van der Waals surface area (Å²) in [5, 5.41) is 12.7. The number of hydrogen-bond donors (Lipinski definition) is 0. The molecular weight excluding hydrogens is 1690 g/mol. The van der Waals surface area contributed by atoms with Crippen LogP contribution in [0.2, 0.25) is 0 Å². The van der Waals surface area contributed by atoms with Gasteiger partial charge < -0.3 is 71.1 Å². The molecule has 0 fully saturated rings. The molecule has 13 rings (SSSR count). The molecule has 0 aliphatic rings. The topological polar surface area (TPSA) is 138 Å². The third-order valence-corrected chi connectivity index (χ3v) is 39.1. The fourth-order valence-corrected chi connectivity index (χ4v) is 33.6. The lowest BCUT2D eigenvalue weighted by atomic mass is 9.89. The zero-order valence-corrected chi connectivity index (χ0v) is 80.0. The average molecular weight is 1800 g/mol. The molecule has 0 saturated carbocycles. The summed E-state index contributed by atoms with van der Waals surface area (Å²) in [5.74, 6) is 7.94. The van der Waals surface area contributed by atoms with Crippen molar-refractivity contribution in [3.63, 3.8) is 0 Å². The molecule has 3 atom stereocenters. The van der Waals surface area contributed by atoms with Crippen molar-refractivity contribution in [3.05, 3.63) is 325 Å². The van der Waals surface area contributed by atoms with E-state index < -0.39 is 65.1 Å². The summed E-state index contributed by atoms with van der Waals surface area (Å²) >= 11 is 0. The van der Waals surface area contributed by atoms with Crippen molar-refractivity contribution in [2.24, 2.45) is 0 Å².